The third-order valence-electron chi connectivity index (χ3n) is 3.69. The maximum absolute atomic E-state index is 12.1. The normalized spacial score (nSPS) is 19.1. The van der Waals surface area contributed by atoms with Crippen LogP contribution in [0.15, 0.2) is 29.2 Å². The lowest BCUT2D eigenvalue weighted by molar-refractivity contribution is -0.142. The van der Waals surface area contributed by atoms with Crippen LogP contribution in [0.3, 0.4) is 0 Å². The van der Waals surface area contributed by atoms with Gasteiger partial charge >= 0.3 is 5.97 Å². The number of thioether (sulfide) groups is 1. The van der Waals surface area contributed by atoms with E-state index >= 15 is 0 Å². The number of benzene rings is 1. The van der Waals surface area contributed by atoms with Crippen molar-refractivity contribution >= 4 is 23.5 Å². The van der Waals surface area contributed by atoms with Crippen molar-refractivity contribution in [1.29, 1.82) is 0 Å². The Morgan fingerprint density at radius 1 is 1.35 bits per heavy atom. The number of carbonyl (C=O) groups is 2. The van der Waals surface area contributed by atoms with Crippen molar-refractivity contribution in [3.05, 3.63) is 29.8 Å². The van der Waals surface area contributed by atoms with Gasteiger partial charge in [0.15, 0.2) is 5.78 Å². The fourth-order valence-electron chi connectivity index (χ4n) is 2.54. The first kappa shape index (κ1) is 15.1. The van der Waals surface area contributed by atoms with Gasteiger partial charge in [-0.15, -0.1) is 11.8 Å². The highest BCUT2D eigenvalue weighted by Crippen LogP contribution is 2.19. The van der Waals surface area contributed by atoms with Gasteiger partial charge in [-0.05, 0) is 37.8 Å². The fraction of sp³-hybridized carbons (Fsp3) is 0.467. The van der Waals surface area contributed by atoms with Gasteiger partial charge in [-0.2, -0.15) is 0 Å². The molecule has 1 fully saturated rings. The average Bonchev–Trinajstić information content (AvgIpc) is 2.93. The first-order chi connectivity index (χ1) is 9.61. The number of carboxylic acids is 1. The van der Waals surface area contributed by atoms with E-state index in [1.165, 1.54) is 0 Å². The standard InChI is InChI=1S/C15H19NO3S/c1-20-12-6-4-11(5-7-12)14(17)8-10-16-9-2-3-13(16)15(18)19/h4-7,13H,2-3,8-10H2,1H3,(H,18,19). The summed E-state index contributed by atoms with van der Waals surface area (Å²) in [5.74, 6) is -0.701. The minimum absolute atomic E-state index is 0.0775. The van der Waals surface area contributed by atoms with Crippen molar-refractivity contribution in [3.63, 3.8) is 0 Å². The molecule has 0 bridgehead atoms. The Bertz CT molecular complexity index is 486. The molecule has 0 aromatic heterocycles. The van der Waals surface area contributed by atoms with E-state index in [1.54, 1.807) is 11.8 Å². The highest BCUT2D eigenvalue weighted by atomic mass is 32.2. The van der Waals surface area contributed by atoms with Gasteiger partial charge in [-0.3, -0.25) is 14.5 Å². The van der Waals surface area contributed by atoms with Crippen LogP contribution < -0.4 is 0 Å². The van der Waals surface area contributed by atoms with Crippen LogP contribution >= 0.6 is 11.8 Å². The predicted octanol–water partition coefficient (Wildman–Crippen LogP) is 2.53. The molecule has 1 N–H and O–H groups in total. The molecule has 1 atom stereocenters. The van der Waals surface area contributed by atoms with Crippen LogP contribution in [0.2, 0.25) is 0 Å². The molecule has 5 heteroatoms. The fourth-order valence-corrected chi connectivity index (χ4v) is 2.95. The summed E-state index contributed by atoms with van der Waals surface area (Å²) in [7, 11) is 0. The first-order valence-electron chi connectivity index (χ1n) is 6.76. The van der Waals surface area contributed by atoms with Crippen molar-refractivity contribution in [2.45, 2.75) is 30.2 Å². The van der Waals surface area contributed by atoms with E-state index < -0.39 is 12.0 Å². The molecule has 1 aromatic carbocycles. The van der Waals surface area contributed by atoms with E-state index in [2.05, 4.69) is 0 Å². The Labute approximate surface area is 123 Å². The van der Waals surface area contributed by atoms with E-state index in [4.69, 9.17) is 5.11 Å². The van der Waals surface area contributed by atoms with Crippen LogP contribution in [0.5, 0.6) is 0 Å². The molecule has 1 aliphatic rings. The number of hydrogen-bond acceptors (Lipinski definition) is 4. The minimum Gasteiger partial charge on any atom is -0.480 e. The van der Waals surface area contributed by atoms with Crippen molar-refractivity contribution in [1.82, 2.24) is 4.90 Å². The van der Waals surface area contributed by atoms with Gasteiger partial charge in [0, 0.05) is 23.4 Å². The van der Waals surface area contributed by atoms with Crippen molar-refractivity contribution in [3.8, 4) is 0 Å². The molecule has 1 saturated heterocycles. The highest BCUT2D eigenvalue weighted by molar-refractivity contribution is 7.98. The van der Waals surface area contributed by atoms with E-state index in [0.29, 0.717) is 24.9 Å². The van der Waals surface area contributed by atoms with Gasteiger partial charge in [-0.25, -0.2) is 0 Å². The van der Waals surface area contributed by atoms with E-state index in [9.17, 15) is 9.59 Å². The number of aliphatic carboxylic acids is 1. The van der Waals surface area contributed by atoms with Crippen LogP contribution in [0.1, 0.15) is 29.6 Å². The Morgan fingerprint density at radius 3 is 2.65 bits per heavy atom. The number of likely N-dealkylation sites (tertiary alicyclic amines) is 1. The molecule has 1 heterocycles. The second-order valence-electron chi connectivity index (χ2n) is 4.93. The summed E-state index contributed by atoms with van der Waals surface area (Å²) in [5, 5.41) is 9.09. The molecule has 0 radical (unpaired) electrons. The lowest BCUT2D eigenvalue weighted by Gasteiger charge is -2.20. The van der Waals surface area contributed by atoms with Crippen LogP contribution in [-0.2, 0) is 4.79 Å². The summed E-state index contributed by atoms with van der Waals surface area (Å²) in [4.78, 5) is 26.2. The first-order valence-corrected chi connectivity index (χ1v) is 7.98. The number of Topliss-reactive ketones (excluding diaryl/α,β-unsaturated/α-hetero) is 1. The summed E-state index contributed by atoms with van der Waals surface area (Å²) in [6, 6.07) is 7.14. The van der Waals surface area contributed by atoms with Gasteiger partial charge in [0.1, 0.15) is 6.04 Å². The topological polar surface area (TPSA) is 57.6 Å². The zero-order chi connectivity index (χ0) is 14.5. The smallest absolute Gasteiger partial charge is 0.320 e. The largest absolute Gasteiger partial charge is 0.480 e. The zero-order valence-corrected chi connectivity index (χ0v) is 12.4. The number of ketones is 1. The van der Waals surface area contributed by atoms with Crippen LogP contribution in [0, 0.1) is 0 Å². The molecule has 1 aliphatic heterocycles. The molecule has 108 valence electrons. The molecular formula is C15H19NO3S. The number of hydrogen-bond donors (Lipinski definition) is 1. The molecule has 20 heavy (non-hydrogen) atoms. The minimum atomic E-state index is -0.778. The Hall–Kier alpha value is -1.33. The molecule has 0 aliphatic carbocycles. The Morgan fingerprint density at radius 2 is 2.05 bits per heavy atom. The van der Waals surface area contributed by atoms with E-state index in [-0.39, 0.29) is 5.78 Å². The lowest BCUT2D eigenvalue weighted by atomic mass is 10.1. The van der Waals surface area contributed by atoms with Crippen molar-refractivity contribution in [2.75, 3.05) is 19.3 Å². The zero-order valence-electron chi connectivity index (χ0n) is 11.5. The van der Waals surface area contributed by atoms with Gasteiger partial charge in [0.25, 0.3) is 0 Å². The molecule has 0 spiro atoms. The number of nitrogens with zero attached hydrogens (tertiary/aromatic N) is 1. The third-order valence-corrected chi connectivity index (χ3v) is 4.43. The summed E-state index contributed by atoms with van der Waals surface area (Å²) >= 11 is 1.64. The third kappa shape index (κ3) is 3.61. The lowest BCUT2D eigenvalue weighted by Crippen LogP contribution is -2.37. The summed E-state index contributed by atoms with van der Waals surface area (Å²) in [5.41, 5.74) is 0.703. The monoisotopic (exact) mass is 293 g/mol. The number of carboxylic acid groups (broad SMARTS) is 1. The molecular weight excluding hydrogens is 274 g/mol. The van der Waals surface area contributed by atoms with E-state index in [0.717, 1.165) is 17.9 Å². The summed E-state index contributed by atoms with van der Waals surface area (Å²) in [6.07, 6.45) is 3.96. The molecule has 0 amide bonds. The quantitative estimate of drug-likeness (QED) is 0.645. The van der Waals surface area contributed by atoms with Gasteiger partial charge < -0.3 is 5.11 Å². The average molecular weight is 293 g/mol. The molecule has 0 saturated carbocycles. The molecule has 4 nitrogen and oxygen atoms in total. The van der Waals surface area contributed by atoms with E-state index in [1.807, 2.05) is 35.4 Å². The maximum atomic E-state index is 12.1. The Kier molecular flexibility index (Phi) is 5.20. The predicted molar refractivity (Wildman–Crippen MR) is 79.4 cm³/mol. The summed E-state index contributed by atoms with van der Waals surface area (Å²) < 4.78 is 0. The van der Waals surface area contributed by atoms with Crippen LogP contribution in [0.4, 0.5) is 0 Å². The SMILES string of the molecule is CSc1ccc(C(=O)CCN2CCCC2C(=O)O)cc1. The second-order valence-corrected chi connectivity index (χ2v) is 5.81. The molecule has 1 aromatic rings. The van der Waals surface area contributed by atoms with Gasteiger partial charge in [0.2, 0.25) is 0 Å². The second kappa shape index (κ2) is 6.90. The van der Waals surface area contributed by atoms with Gasteiger partial charge in [-0.1, -0.05) is 12.1 Å². The van der Waals surface area contributed by atoms with Crippen molar-refractivity contribution < 1.29 is 14.7 Å². The maximum Gasteiger partial charge on any atom is 0.320 e. The molecule has 1 unspecified atom stereocenters. The number of rotatable bonds is 6. The van der Waals surface area contributed by atoms with Crippen LogP contribution in [-0.4, -0.2) is 47.1 Å². The highest BCUT2D eigenvalue weighted by Gasteiger charge is 2.30. The van der Waals surface area contributed by atoms with Crippen molar-refractivity contribution in [2.24, 2.45) is 0 Å². The number of carbonyl (C=O) groups excluding carboxylic acids is 1. The Balaban J connectivity index is 1.89. The summed E-state index contributed by atoms with van der Waals surface area (Å²) in [6.45, 7) is 1.30. The molecule has 2 rings (SSSR count). The van der Waals surface area contributed by atoms with Gasteiger partial charge in [0.05, 0.1) is 0 Å². The van der Waals surface area contributed by atoms with Crippen LogP contribution in [0.25, 0.3) is 0 Å².